The fraction of sp³-hybridized carbons (Fsp3) is 1.00. The molecule has 0 saturated heterocycles. The lowest BCUT2D eigenvalue weighted by atomic mass is 9.91. The maximum Gasteiger partial charge on any atom is 0.0661 e. The molecular formula is C13H28N2O. The summed E-state index contributed by atoms with van der Waals surface area (Å²) in [5.41, 5.74) is 6.19. The van der Waals surface area contributed by atoms with E-state index >= 15 is 0 Å². The van der Waals surface area contributed by atoms with E-state index in [9.17, 15) is 0 Å². The molecule has 0 aromatic rings. The van der Waals surface area contributed by atoms with E-state index in [4.69, 9.17) is 10.5 Å². The summed E-state index contributed by atoms with van der Waals surface area (Å²) in [5, 5.41) is 0. The molecule has 0 amide bonds. The first kappa shape index (κ1) is 13.9. The first-order valence-electron chi connectivity index (χ1n) is 6.69. The van der Waals surface area contributed by atoms with Crippen LogP contribution in [-0.4, -0.2) is 43.8 Å². The highest BCUT2D eigenvalue weighted by Crippen LogP contribution is 2.43. The zero-order valence-electron chi connectivity index (χ0n) is 11.2. The van der Waals surface area contributed by atoms with Gasteiger partial charge >= 0.3 is 0 Å². The molecule has 1 unspecified atom stereocenters. The number of rotatable bonds is 9. The van der Waals surface area contributed by atoms with Crippen molar-refractivity contribution >= 4 is 0 Å². The first-order valence-corrected chi connectivity index (χ1v) is 6.69. The predicted octanol–water partition coefficient (Wildman–Crippen LogP) is 1.86. The minimum atomic E-state index is 0.112. The molecule has 0 aliphatic heterocycles. The van der Waals surface area contributed by atoms with Crippen LogP contribution in [0, 0.1) is 5.92 Å². The average molecular weight is 228 g/mol. The lowest BCUT2D eigenvalue weighted by Gasteiger charge is -2.43. The van der Waals surface area contributed by atoms with Crippen LogP contribution >= 0.6 is 0 Å². The number of hydrogen-bond acceptors (Lipinski definition) is 3. The van der Waals surface area contributed by atoms with Crippen molar-refractivity contribution in [1.82, 2.24) is 4.90 Å². The summed E-state index contributed by atoms with van der Waals surface area (Å²) in [6.07, 6.45) is 5.03. The van der Waals surface area contributed by atoms with Crippen LogP contribution in [-0.2, 0) is 4.74 Å². The molecule has 3 heteroatoms. The molecule has 0 spiro atoms. The van der Waals surface area contributed by atoms with Gasteiger partial charge in [0.2, 0.25) is 0 Å². The Hall–Kier alpha value is -0.120. The van der Waals surface area contributed by atoms with Gasteiger partial charge in [-0.1, -0.05) is 13.8 Å². The van der Waals surface area contributed by atoms with Gasteiger partial charge in [-0.05, 0) is 44.7 Å². The molecule has 3 nitrogen and oxygen atoms in total. The second kappa shape index (κ2) is 6.58. The molecule has 1 saturated carbocycles. The Morgan fingerprint density at radius 2 is 1.81 bits per heavy atom. The van der Waals surface area contributed by atoms with Crippen LogP contribution in [0.15, 0.2) is 0 Å². The average Bonchev–Trinajstić information content (AvgIpc) is 3.10. The van der Waals surface area contributed by atoms with Crippen molar-refractivity contribution in [2.75, 3.05) is 33.4 Å². The van der Waals surface area contributed by atoms with Crippen molar-refractivity contribution in [2.45, 2.75) is 45.1 Å². The standard InChI is InChI=1S/C13H28N2O/c1-4-8-15(9-5-2)13(10-14,11-16-3)12-6-7-12/h12H,4-11,14H2,1-3H3. The zero-order valence-corrected chi connectivity index (χ0v) is 11.2. The summed E-state index contributed by atoms with van der Waals surface area (Å²) >= 11 is 0. The van der Waals surface area contributed by atoms with Crippen molar-refractivity contribution in [3.05, 3.63) is 0 Å². The Morgan fingerprint density at radius 1 is 1.25 bits per heavy atom. The highest BCUT2D eigenvalue weighted by atomic mass is 16.5. The highest BCUT2D eigenvalue weighted by Gasteiger charge is 2.47. The number of hydrogen-bond donors (Lipinski definition) is 1. The van der Waals surface area contributed by atoms with Crippen molar-refractivity contribution in [3.63, 3.8) is 0 Å². The topological polar surface area (TPSA) is 38.5 Å². The van der Waals surface area contributed by atoms with Crippen LogP contribution in [0.4, 0.5) is 0 Å². The maximum atomic E-state index is 6.07. The normalized spacial score (nSPS) is 20.1. The summed E-state index contributed by atoms with van der Waals surface area (Å²) < 4.78 is 5.45. The molecular weight excluding hydrogens is 200 g/mol. The summed E-state index contributed by atoms with van der Waals surface area (Å²) in [4.78, 5) is 2.58. The molecule has 1 fully saturated rings. The van der Waals surface area contributed by atoms with E-state index in [1.807, 2.05) is 0 Å². The number of ether oxygens (including phenoxy) is 1. The third-order valence-electron chi connectivity index (χ3n) is 3.70. The maximum absolute atomic E-state index is 6.07. The van der Waals surface area contributed by atoms with E-state index < -0.39 is 0 Å². The molecule has 1 rings (SSSR count). The molecule has 96 valence electrons. The van der Waals surface area contributed by atoms with Crippen molar-refractivity contribution in [2.24, 2.45) is 11.7 Å². The van der Waals surface area contributed by atoms with Gasteiger partial charge in [0.15, 0.2) is 0 Å². The molecule has 0 aromatic carbocycles. The Morgan fingerprint density at radius 3 is 2.12 bits per heavy atom. The minimum absolute atomic E-state index is 0.112. The van der Waals surface area contributed by atoms with Gasteiger partial charge in [0, 0.05) is 13.7 Å². The number of nitrogens with two attached hydrogens (primary N) is 1. The monoisotopic (exact) mass is 228 g/mol. The van der Waals surface area contributed by atoms with Crippen LogP contribution in [0.25, 0.3) is 0 Å². The van der Waals surface area contributed by atoms with Gasteiger partial charge in [-0.2, -0.15) is 0 Å². The molecule has 1 aliphatic carbocycles. The zero-order chi connectivity index (χ0) is 12.0. The SMILES string of the molecule is CCCN(CCC)C(CN)(COC)C1CC1. The molecule has 0 bridgehead atoms. The Balaban J connectivity index is 2.76. The molecule has 0 heterocycles. The third kappa shape index (κ3) is 2.96. The van der Waals surface area contributed by atoms with E-state index in [1.165, 1.54) is 25.7 Å². The van der Waals surface area contributed by atoms with Crippen LogP contribution in [0.2, 0.25) is 0 Å². The second-order valence-electron chi connectivity index (χ2n) is 5.00. The van der Waals surface area contributed by atoms with Crippen LogP contribution in [0.1, 0.15) is 39.5 Å². The van der Waals surface area contributed by atoms with Gasteiger partial charge in [0.25, 0.3) is 0 Å². The van der Waals surface area contributed by atoms with E-state index in [-0.39, 0.29) is 5.54 Å². The molecule has 0 radical (unpaired) electrons. The molecule has 2 N–H and O–H groups in total. The second-order valence-corrected chi connectivity index (χ2v) is 5.00. The lowest BCUT2D eigenvalue weighted by molar-refractivity contribution is -0.00105. The number of nitrogens with zero attached hydrogens (tertiary/aromatic N) is 1. The van der Waals surface area contributed by atoms with Crippen molar-refractivity contribution in [1.29, 1.82) is 0 Å². The minimum Gasteiger partial charge on any atom is -0.383 e. The van der Waals surface area contributed by atoms with Crippen molar-refractivity contribution in [3.8, 4) is 0 Å². The van der Waals surface area contributed by atoms with E-state index in [2.05, 4.69) is 18.7 Å². The van der Waals surface area contributed by atoms with Gasteiger partial charge in [0.1, 0.15) is 0 Å². The van der Waals surface area contributed by atoms with E-state index in [0.29, 0.717) is 0 Å². The predicted molar refractivity (Wildman–Crippen MR) is 68.5 cm³/mol. The summed E-state index contributed by atoms with van der Waals surface area (Å²) in [6.45, 7) is 8.28. The Bertz CT molecular complexity index is 188. The molecule has 16 heavy (non-hydrogen) atoms. The summed E-state index contributed by atoms with van der Waals surface area (Å²) in [5.74, 6) is 0.760. The molecule has 1 aliphatic rings. The van der Waals surface area contributed by atoms with Crippen LogP contribution < -0.4 is 5.73 Å². The van der Waals surface area contributed by atoms with Crippen LogP contribution in [0.5, 0.6) is 0 Å². The highest BCUT2D eigenvalue weighted by molar-refractivity contribution is 5.03. The van der Waals surface area contributed by atoms with E-state index in [0.717, 1.165) is 32.2 Å². The Kier molecular flexibility index (Phi) is 5.73. The summed E-state index contributed by atoms with van der Waals surface area (Å²) in [6, 6.07) is 0. The van der Waals surface area contributed by atoms with Gasteiger partial charge in [-0.25, -0.2) is 0 Å². The molecule has 1 atom stereocenters. The molecule has 0 aromatic heterocycles. The smallest absolute Gasteiger partial charge is 0.0661 e. The largest absolute Gasteiger partial charge is 0.383 e. The van der Waals surface area contributed by atoms with Gasteiger partial charge < -0.3 is 10.5 Å². The lowest BCUT2D eigenvalue weighted by Crippen LogP contribution is -2.59. The Labute approximate surface area is 100 Å². The fourth-order valence-electron chi connectivity index (χ4n) is 2.79. The van der Waals surface area contributed by atoms with E-state index in [1.54, 1.807) is 7.11 Å². The summed E-state index contributed by atoms with van der Waals surface area (Å²) in [7, 11) is 1.79. The van der Waals surface area contributed by atoms with Crippen molar-refractivity contribution < 1.29 is 4.74 Å². The van der Waals surface area contributed by atoms with Crippen LogP contribution in [0.3, 0.4) is 0 Å². The quantitative estimate of drug-likeness (QED) is 0.654. The first-order chi connectivity index (χ1) is 7.75. The third-order valence-corrected chi connectivity index (χ3v) is 3.70. The van der Waals surface area contributed by atoms with Gasteiger partial charge in [-0.15, -0.1) is 0 Å². The number of methoxy groups -OCH3 is 1. The fourth-order valence-corrected chi connectivity index (χ4v) is 2.79. The van der Waals surface area contributed by atoms with Gasteiger partial charge in [-0.3, -0.25) is 4.90 Å². The van der Waals surface area contributed by atoms with Gasteiger partial charge in [0.05, 0.1) is 12.1 Å².